The predicted molar refractivity (Wildman–Crippen MR) is 104 cm³/mol. The fourth-order valence-electron chi connectivity index (χ4n) is 1.78. The first kappa shape index (κ1) is 19.6. The highest BCUT2D eigenvalue weighted by Gasteiger charge is 2.16. The van der Waals surface area contributed by atoms with E-state index < -0.39 is 5.97 Å². The third kappa shape index (κ3) is 5.12. The lowest BCUT2D eigenvalue weighted by Gasteiger charge is -2.12. The molecule has 24 heavy (non-hydrogen) atoms. The quantitative estimate of drug-likeness (QED) is 0.338. The average Bonchev–Trinajstić information content (AvgIpc) is 2.49. The minimum Gasteiger partial charge on any atom is -0.492 e. The van der Waals surface area contributed by atoms with E-state index in [1.54, 1.807) is 24.3 Å². The lowest BCUT2D eigenvalue weighted by Crippen LogP contribution is -2.10. The molecule has 0 saturated heterocycles. The molecule has 0 bridgehead atoms. The van der Waals surface area contributed by atoms with Gasteiger partial charge in [-0.3, -0.25) is 0 Å². The van der Waals surface area contributed by atoms with Crippen molar-refractivity contribution in [1.29, 1.82) is 0 Å². The number of esters is 1. The van der Waals surface area contributed by atoms with Crippen LogP contribution in [0, 0.1) is 5.92 Å². The third-order valence-electron chi connectivity index (χ3n) is 2.90. The van der Waals surface area contributed by atoms with E-state index in [4.69, 9.17) is 32.7 Å². The smallest absolute Gasteiger partial charge is 0.343 e. The second-order valence-electron chi connectivity index (χ2n) is 5.44. The zero-order chi connectivity index (χ0) is 17.9. The minimum atomic E-state index is -0.531. The summed E-state index contributed by atoms with van der Waals surface area (Å²) in [5.41, 5.74) is 0.372. The topological polar surface area (TPSA) is 35.5 Å². The van der Waals surface area contributed by atoms with Crippen LogP contribution < -0.4 is 9.47 Å². The molecule has 0 atom stereocenters. The van der Waals surface area contributed by atoms with Gasteiger partial charge >= 0.3 is 5.97 Å². The van der Waals surface area contributed by atoms with Gasteiger partial charge in [-0.05, 0) is 68.1 Å². The lowest BCUT2D eigenvalue weighted by atomic mass is 10.2. The van der Waals surface area contributed by atoms with Gasteiger partial charge in [0, 0.05) is 5.02 Å². The van der Waals surface area contributed by atoms with Crippen molar-refractivity contribution in [2.75, 3.05) is 6.61 Å². The summed E-state index contributed by atoms with van der Waals surface area (Å²) in [6.45, 7) is 4.72. The van der Waals surface area contributed by atoms with Gasteiger partial charge in [-0.2, -0.15) is 0 Å². The van der Waals surface area contributed by atoms with Gasteiger partial charge in [0.15, 0.2) is 5.75 Å². The molecule has 3 nitrogen and oxygen atoms in total. The van der Waals surface area contributed by atoms with Crippen LogP contribution in [0.5, 0.6) is 11.5 Å². The van der Waals surface area contributed by atoms with E-state index in [-0.39, 0.29) is 10.8 Å². The van der Waals surface area contributed by atoms with E-state index >= 15 is 0 Å². The summed E-state index contributed by atoms with van der Waals surface area (Å²) in [5.74, 6) is 0.773. The average molecular weight is 497 g/mol. The van der Waals surface area contributed by atoms with Crippen LogP contribution in [0.3, 0.4) is 0 Å². The van der Waals surface area contributed by atoms with Crippen LogP contribution in [-0.2, 0) is 0 Å². The monoisotopic (exact) mass is 494 g/mol. The number of carbonyl (C=O) groups is 1. The molecule has 2 aromatic carbocycles. The van der Waals surface area contributed by atoms with Gasteiger partial charge in [-0.25, -0.2) is 4.79 Å². The highest BCUT2D eigenvalue weighted by Crippen LogP contribution is 2.37. The Balaban J connectivity index is 2.17. The zero-order valence-corrected chi connectivity index (χ0v) is 17.6. The van der Waals surface area contributed by atoms with Crippen molar-refractivity contribution < 1.29 is 14.3 Å². The molecule has 0 amide bonds. The molecule has 0 aliphatic carbocycles. The summed E-state index contributed by atoms with van der Waals surface area (Å²) < 4.78 is 12.2. The van der Waals surface area contributed by atoms with Crippen LogP contribution in [0.2, 0.25) is 10.0 Å². The fourth-order valence-corrected chi connectivity index (χ4v) is 3.59. The number of benzene rings is 2. The molecule has 128 valence electrons. The molecule has 0 radical (unpaired) electrons. The van der Waals surface area contributed by atoms with E-state index in [1.165, 1.54) is 6.07 Å². The number of ether oxygens (including phenoxy) is 2. The fraction of sp³-hybridized carbons (Fsp3) is 0.235. The Hall–Kier alpha value is -0.750. The van der Waals surface area contributed by atoms with Crippen molar-refractivity contribution in [2.24, 2.45) is 5.92 Å². The van der Waals surface area contributed by atoms with Crippen molar-refractivity contribution in [3.63, 3.8) is 0 Å². The molecule has 0 unspecified atom stereocenters. The molecule has 7 heteroatoms. The maximum atomic E-state index is 12.3. The number of halogens is 4. The molecule has 0 aromatic heterocycles. The Morgan fingerprint density at radius 2 is 1.83 bits per heavy atom. The molecular formula is C17H14Br2Cl2O3. The van der Waals surface area contributed by atoms with Crippen molar-refractivity contribution >= 4 is 61.0 Å². The van der Waals surface area contributed by atoms with Gasteiger partial charge in [0.05, 0.1) is 26.1 Å². The van der Waals surface area contributed by atoms with Crippen molar-refractivity contribution in [3.05, 3.63) is 54.9 Å². The molecule has 0 aliphatic rings. The van der Waals surface area contributed by atoms with Gasteiger partial charge < -0.3 is 9.47 Å². The lowest BCUT2D eigenvalue weighted by molar-refractivity contribution is 0.0733. The van der Waals surface area contributed by atoms with Crippen LogP contribution in [0.1, 0.15) is 24.2 Å². The molecule has 2 rings (SSSR count). The zero-order valence-electron chi connectivity index (χ0n) is 12.9. The summed E-state index contributed by atoms with van der Waals surface area (Å²) in [6, 6.07) is 8.13. The minimum absolute atomic E-state index is 0.224. The van der Waals surface area contributed by atoms with Crippen LogP contribution in [-0.4, -0.2) is 12.6 Å². The second kappa shape index (κ2) is 8.56. The summed E-state index contributed by atoms with van der Waals surface area (Å²) in [5, 5.41) is 0.694. The van der Waals surface area contributed by atoms with Gasteiger partial charge in [-0.15, -0.1) is 0 Å². The van der Waals surface area contributed by atoms with E-state index in [0.717, 1.165) is 0 Å². The predicted octanol–water partition coefficient (Wildman–Crippen LogP) is 6.77. The second-order valence-corrected chi connectivity index (χ2v) is 7.99. The van der Waals surface area contributed by atoms with Crippen LogP contribution in [0.4, 0.5) is 0 Å². The van der Waals surface area contributed by atoms with Crippen LogP contribution >= 0.6 is 55.1 Å². The summed E-state index contributed by atoms with van der Waals surface area (Å²) in [6.07, 6.45) is 0. The Morgan fingerprint density at radius 3 is 2.42 bits per heavy atom. The van der Waals surface area contributed by atoms with E-state index in [2.05, 4.69) is 45.7 Å². The van der Waals surface area contributed by atoms with Crippen LogP contribution in [0.15, 0.2) is 39.3 Å². The number of hydrogen-bond acceptors (Lipinski definition) is 3. The first-order chi connectivity index (χ1) is 11.3. The molecular weight excluding hydrogens is 483 g/mol. The molecule has 0 fully saturated rings. The largest absolute Gasteiger partial charge is 0.492 e. The van der Waals surface area contributed by atoms with E-state index in [9.17, 15) is 4.79 Å². The Bertz CT molecular complexity index is 740. The van der Waals surface area contributed by atoms with Crippen molar-refractivity contribution in [3.8, 4) is 11.5 Å². The Kier molecular flexibility index (Phi) is 6.99. The summed E-state index contributed by atoms with van der Waals surface area (Å²) in [4.78, 5) is 12.3. The maximum absolute atomic E-state index is 12.3. The van der Waals surface area contributed by atoms with Crippen molar-refractivity contribution in [1.82, 2.24) is 0 Å². The molecule has 0 N–H and O–H groups in total. The first-order valence-electron chi connectivity index (χ1n) is 7.07. The number of hydrogen-bond donors (Lipinski definition) is 0. The summed E-state index contributed by atoms with van der Waals surface area (Å²) >= 11 is 18.7. The van der Waals surface area contributed by atoms with Crippen LogP contribution in [0.25, 0.3) is 0 Å². The maximum Gasteiger partial charge on any atom is 0.343 e. The van der Waals surface area contributed by atoms with Crippen molar-refractivity contribution in [2.45, 2.75) is 13.8 Å². The molecule has 0 heterocycles. The number of rotatable bonds is 5. The highest BCUT2D eigenvalue weighted by atomic mass is 79.9. The highest BCUT2D eigenvalue weighted by molar-refractivity contribution is 9.11. The SMILES string of the molecule is CC(C)COc1ccc(C(=O)Oc2c(Cl)cc(Cl)cc2Br)cc1Br. The Labute approximate surface area is 167 Å². The van der Waals surface area contributed by atoms with Gasteiger partial charge in [-0.1, -0.05) is 37.0 Å². The third-order valence-corrected chi connectivity index (χ3v) is 4.61. The molecule has 0 saturated carbocycles. The normalized spacial score (nSPS) is 10.8. The first-order valence-corrected chi connectivity index (χ1v) is 9.41. The molecule has 0 spiro atoms. The standard InChI is InChI=1S/C17H14Br2Cl2O3/c1-9(2)8-23-15-4-3-10(5-12(15)18)17(22)24-16-13(19)6-11(20)7-14(16)21/h3-7,9H,8H2,1-2H3. The molecule has 0 aliphatic heterocycles. The van der Waals surface area contributed by atoms with Gasteiger partial charge in [0.2, 0.25) is 0 Å². The summed E-state index contributed by atoms with van der Waals surface area (Å²) in [7, 11) is 0. The van der Waals surface area contributed by atoms with E-state index in [0.29, 0.717) is 37.8 Å². The Morgan fingerprint density at radius 1 is 1.12 bits per heavy atom. The van der Waals surface area contributed by atoms with E-state index in [1.807, 2.05) is 0 Å². The van der Waals surface area contributed by atoms with Gasteiger partial charge in [0.1, 0.15) is 5.75 Å². The molecule has 2 aromatic rings. The number of carbonyl (C=O) groups excluding carboxylic acids is 1. The van der Waals surface area contributed by atoms with Gasteiger partial charge in [0.25, 0.3) is 0 Å².